The molecule has 0 aliphatic rings. The number of ether oxygens (including phenoxy) is 3. The van der Waals surface area contributed by atoms with Gasteiger partial charge < -0.3 is 14.2 Å². The maximum atomic E-state index is 13.2. The molecule has 5 nitrogen and oxygen atoms in total. The Hall–Kier alpha value is -2.04. The fraction of sp³-hybridized carbons (Fsp3) is 0.652. The SMILES string of the molecule is CCCCCCCCOC(=O)C(CC(C)C)C(=O)c1c(OC)cccc1OC. The normalized spacial score (nSPS) is 11.9. The highest BCUT2D eigenvalue weighted by atomic mass is 16.5. The predicted molar refractivity (Wildman–Crippen MR) is 111 cm³/mol. The fourth-order valence-corrected chi connectivity index (χ4v) is 3.21. The third-order valence-electron chi connectivity index (χ3n) is 4.72. The van der Waals surface area contributed by atoms with Crippen LogP contribution in [0.5, 0.6) is 11.5 Å². The van der Waals surface area contributed by atoms with E-state index in [4.69, 9.17) is 14.2 Å². The Labute approximate surface area is 169 Å². The van der Waals surface area contributed by atoms with E-state index >= 15 is 0 Å². The highest BCUT2D eigenvalue weighted by Crippen LogP contribution is 2.32. The molecular weight excluding hydrogens is 356 g/mol. The maximum Gasteiger partial charge on any atom is 0.316 e. The number of hydrogen-bond donors (Lipinski definition) is 0. The molecule has 0 heterocycles. The van der Waals surface area contributed by atoms with Gasteiger partial charge in [0.2, 0.25) is 0 Å². The molecular formula is C23H36O5. The van der Waals surface area contributed by atoms with E-state index in [0.29, 0.717) is 30.1 Å². The van der Waals surface area contributed by atoms with Crippen LogP contribution in [0.1, 0.15) is 76.1 Å². The van der Waals surface area contributed by atoms with Gasteiger partial charge in [0, 0.05) is 0 Å². The highest BCUT2D eigenvalue weighted by molar-refractivity contribution is 6.11. The minimum atomic E-state index is -0.856. The van der Waals surface area contributed by atoms with Crippen molar-refractivity contribution in [3.63, 3.8) is 0 Å². The van der Waals surface area contributed by atoms with Crippen LogP contribution in [0.4, 0.5) is 0 Å². The standard InChI is InChI=1S/C23H36O5/c1-6-7-8-9-10-11-15-28-23(25)18(16-17(2)3)22(24)21-19(26-4)13-12-14-20(21)27-5/h12-14,17-18H,6-11,15-16H2,1-5H3. The second kappa shape index (κ2) is 13.2. The van der Waals surface area contributed by atoms with Gasteiger partial charge in [0.1, 0.15) is 23.0 Å². The van der Waals surface area contributed by atoms with Crippen molar-refractivity contribution in [3.05, 3.63) is 23.8 Å². The summed E-state index contributed by atoms with van der Waals surface area (Å²) in [5.41, 5.74) is 0.301. The summed E-state index contributed by atoms with van der Waals surface area (Å²) in [5, 5.41) is 0. The number of carbonyl (C=O) groups is 2. The van der Waals surface area contributed by atoms with Gasteiger partial charge in [-0.15, -0.1) is 0 Å². The molecule has 158 valence electrons. The number of hydrogen-bond acceptors (Lipinski definition) is 5. The molecule has 28 heavy (non-hydrogen) atoms. The zero-order valence-electron chi connectivity index (χ0n) is 18.1. The molecule has 0 aliphatic carbocycles. The number of unbranched alkanes of at least 4 members (excludes halogenated alkanes) is 5. The minimum Gasteiger partial charge on any atom is -0.496 e. The van der Waals surface area contributed by atoms with Crippen LogP contribution in [0.3, 0.4) is 0 Å². The van der Waals surface area contributed by atoms with Gasteiger partial charge in [-0.05, 0) is 30.9 Å². The number of esters is 1. The molecule has 1 unspecified atom stereocenters. The zero-order chi connectivity index (χ0) is 20.9. The average Bonchev–Trinajstić information content (AvgIpc) is 2.69. The molecule has 1 aromatic rings. The van der Waals surface area contributed by atoms with Crippen LogP contribution >= 0.6 is 0 Å². The van der Waals surface area contributed by atoms with E-state index < -0.39 is 11.9 Å². The van der Waals surface area contributed by atoms with Gasteiger partial charge in [-0.2, -0.15) is 0 Å². The van der Waals surface area contributed by atoms with Crippen LogP contribution < -0.4 is 9.47 Å². The van der Waals surface area contributed by atoms with Crippen molar-refractivity contribution in [1.82, 2.24) is 0 Å². The lowest BCUT2D eigenvalue weighted by molar-refractivity contribution is -0.147. The van der Waals surface area contributed by atoms with Crippen molar-refractivity contribution >= 4 is 11.8 Å². The van der Waals surface area contributed by atoms with Gasteiger partial charge in [-0.25, -0.2) is 0 Å². The van der Waals surface area contributed by atoms with Gasteiger partial charge >= 0.3 is 5.97 Å². The van der Waals surface area contributed by atoms with Crippen molar-refractivity contribution < 1.29 is 23.8 Å². The molecule has 1 atom stereocenters. The van der Waals surface area contributed by atoms with Crippen molar-refractivity contribution in [1.29, 1.82) is 0 Å². The number of carbonyl (C=O) groups excluding carboxylic acids is 2. The maximum absolute atomic E-state index is 13.2. The second-order valence-electron chi connectivity index (χ2n) is 7.52. The number of ketones is 1. The lowest BCUT2D eigenvalue weighted by atomic mass is 9.89. The molecule has 0 fully saturated rings. The molecule has 1 aromatic carbocycles. The summed E-state index contributed by atoms with van der Waals surface area (Å²) in [7, 11) is 3.00. The van der Waals surface area contributed by atoms with Gasteiger partial charge in [-0.3, -0.25) is 9.59 Å². The lowest BCUT2D eigenvalue weighted by Crippen LogP contribution is -2.28. The van der Waals surface area contributed by atoms with Crippen molar-refractivity contribution in [2.45, 2.75) is 65.7 Å². The van der Waals surface area contributed by atoms with Crippen LogP contribution in [-0.2, 0) is 9.53 Å². The Bertz CT molecular complexity index is 587. The molecule has 0 aliphatic heterocycles. The summed E-state index contributed by atoms with van der Waals surface area (Å²) in [6, 6.07) is 5.15. The molecule has 0 aromatic heterocycles. The summed E-state index contributed by atoms with van der Waals surface area (Å²) < 4.78 is 16.1. The monoisotopic (exact) mass is 392 g/mol. The first-order chi connectivity index (χ1) is 13.5. The lowest BCUT2D eigenvalue weighted by Gasteiger charge is -2.19. The Balaban J connectivity index is 2.82. The quantitative estimate of drug-likeness (QED) is 0.182. The number of benzene rings is 1. The molecule has 0 saturated heterocycles. The van der Waals surface area contributed by atoms with Crippen LogP contribution in [0, 0.1) is 11.8 Å². The van der Waals surface area contributed by atoms with Gasteiger partial charge in [0.05, 0.1) is 20.8 Å². The molecule has 5 heteroatoms. The van der Waals surface area contributed by atoms with Crippen molar-refractivity contribution in [3.8, 4) is 11.5 Å². The van der Waals surface area contributed by atoms with Crippen molar-refractivity contribution in [2.24, 2.45) is 11.8 Å². The van der Waals surface area contributed by atoms with E-state index in [1.807, 2.05) is 13.8 Å². The Morgan fingerprint density at radius 3 is 2.04 bits per heavy atom. The smallest absolute Gasteiger partial charge is 0.316 e. The summed E-state index contributed by atoms with van der Waals surface area (Å²) in [6.45, 7) is 6.52. The number of Topliss-reactive ketones (excluding diaryl/α,β-unsaturated/α-hetero) is 1. The van der Waals surface area contributed by atoms with E-state index in [-0.39, 0.29) is 11.7 Å². The molecule has 1 rings (SSSR count). The molecule has 0 amide bonds. The molecule has 0 saturated carbocycles. The molecule has 0 N–H and O–H groups in total. The fourth-order valence-electron chi connectivity index (χ4n) is 3.21. The van der Waals surface area contributed by atoms with Gasteiger partial charge in [0.25, 0.3) is 0 Å². The van der Waals surface area contributed by atoms with Gasteiger partial charge in [0.15, 0.2) is 5.78 Å². The third-order valence-corrected chi connectivity index (χ3v) is 4.72. The average molecular weight is 393 g/mol. The largest absolute Gasteiger partial charge is 0.496 e. The molecule has 0 spiro atoms. The molecule has 0 radical (unpaired) electrons. The predicted octanol–water partition coefficient (Wildman–Crippen LogP) is 5.45. The minimum absolute atomic E-state index is 0.177. The summed E-state index contributed by atoms with van der Waals surface area (Å²) in [4.78, 5) is 25.9. The first kappa shape index (κ1) is 24.0. The van der Waals surface area contributed by atoms with Crippen LogP contribution in [0.2, 0.25) is 0 Å². The van der Waals surface area contributed by atoms with Crippen LogP contribution in [0.15, 0.2) is 18.2 Å². The zero-order valence-corrected chi connectivity index (χ0v) is 18.1. The summed E-state index contributed by atoms with van der Waals surface area (Å²) in [6.07, 6.45) is 7.11. The Morgan fingerprint density at radius 2 is 1.50 bits per heavy atom. The van der Waals surface area contributed by atoms with Crippen LogP contribution in [-0.4, -0.2) is 32.6 Å². The topological polar surface area (TPSA) is 61.8 Å². The van der Waals surface area contributed by atoms with E-state index in [0.717, 1.165) is 19.3 Å². The highest BCUT2D eigenvalue weighted by Gasteiger charge is 2.33. The van der Waals surface area contributed by atoms with E-state index in [1.54, 1.807) is 18.2 Å². The van der Waals surface area contributed by atoms with Crippen molar-refractivity contribution in [2.75, 3.05) is 20.8 Å². The first-order valence-corrected chi connectivity index (χ1v) is 10.4. The summed E-state index contributed by atoms with van der Waals surface area (Å²) >= 11 is 0. The Morgan fingerprint density at radius 1 is 0.929 bits per heavy atom. The van der Waals surface area contributed by atoms with Gasteiger partial charge in [-0.1, -0.05) is 58.9 Å². The van der Waals surface area contributed by atoms with E-state index in [2.05, 4.69) is 6.92 Å². The number of methoxy groups -OCH3 is 2. The number of rotatable bonds is 14. The van der Waals surface area contributed by atoms with E-state index in [1.165, 1.54) is 33.5 Å². The Kier molecular flexibility index (Phi) is 11.3. The molecule has 0 bridgehead atoms. The second-order valence-corrected chi connectivity index (χ2v) is 7.52. The van der Waals surface area contributed by atoms with Crippen LogP contribution in [0.25, 0.3) is 0 Å². The first-order valence-electron chi connectivity index (χ1n) is 10.4. The van der Waals surface area contributed by atoms with E-state index in [9.17, 15) is 9.59 Å². The summed E-state index contributed by atoms with van der Waals surface area (Å²) in [5.74, 6) is -0.638. The third kappa shape index (κ3) is 7.53.